The number of benzene rings is 1. The standard InChI is InChI=1S/C14H22ClN3O/c1-10(11-6-5-7-12(15)8-11)18(4)9-14(2,3)13(19)17-16/h5-8,10H,9,16H2,1-4H3,(H,17,19). The Morgan fingerprint density at radius 1 is 1.53 bits per heavy atom. The van der Waals surface area contributed by atoms with Crippen LogP contribution in [0, 0.1) is 5.41 Å². The highest BCUT2D eigenvalue weighted by molar-refractivity contribution is 6.30. The van der Waals surface area contributed by atoms with Crippen LogP contribution in [0.2, 0.25) is 5.02 Å². The van der Waals surface area contributed by atoms with Gasteiger partial charge in [-0.1, -0.05) is 23.7 Å². The number of hydrazine groups is 1. The number of amides is 1. The van der Waals surface area contributed by atoms with E-state index in [9.17, 15) is 4.79 Å². The van der Waals surface area contributed by atoms with Gasteiger partial charge in [-0.2, -0.15) is 0 Å². The minimum absolute atomic E-state index is 0.169. The normalized spacial score (nSPS) is 13.4. The third kappa shape index (κ3) is 4.20. The Kier molecular flexibility index (Phi) is 5.35. The third-order valence-corrected chi connectivity index (χ3v) is 3.62. The van der Waals surface area contributed by atoms with Gasteiger partial charge in [0, 0.05) is 17.6 Å². The molecule has 0 saturated heterocycles. The molecular formula is C14H22ClN3O. The lowest BCUT2D eigenvalue weighted by molar-refractivity contribution is -0.130. The van der Waals surface area contributed by atoms with Crippen LogP contribution < -0.4 is 11.3 Å². The van der Waals surface area contributed by atoms with E-state index in [1.54, 1.807) is 0 Å². The Morgan fingerprint density at radius 3 is 2.68 bits per heavy atom. The fraction of sp³-hybridized carbons (Fsp3) is 0.500. The molecule has 0 heterocycles. The largest absolute Gasteiger partial charge is 0.299 e. The second-order valence-electron chi connectivity index (χ2n) is 5.50. The van der Waals surface area contributed by atoms with Gasteiger partial charge in [0.25, 0.3) is 0 Å². The number of carbonyl (C=O) groups excluding carboxylic acids is 1. The van der Waals surface area contributed by atoms with Gasteiger partial charge in [-0.05, 0) is 45.5 Å². The highest BCUT2D eigenvalue weighted by Crippen LogP contribution is 2.25. The van der Waals surface area contributed by atoms with Crippen LogP contribution >= 0.6 is 11.6 Å². The summed E-state index contributed by atoms with van der Waals surface area (Å²) in [6.45, 7) is 6.43. The monoisotopic (exact) mass is 283 g/mol. The molecule has 0 aliphatic rings. The number of nitrogens with zero attached hydrogens (tertiary/aromatic N) is 1. The molecule has 5 heteroatoms. The number of nitrogens with two attached hydrogens (primary N) is 1. The van der Waals surface area contributed by atoms with E-state index in [2.05, 4.69) is 17.2 Å². The van der Waals surface area contributed by atoms with Crippen LogP contribution in [-0.2, 0) is 4.79 Å². The maximum atomic E-state index is 11.7. The number of rotatable bonds is 5. The van der Waals surface area contributed by atoms with Gasteiger partial charge in [-0.25, -0.2) is 5.84 Å². The first-order valence-electron chi connectivity index (χ1n) is 6.24. The average molecular weight is 284 g/mol. The number of hydrogen-bond donors (Lipinski definition) is 2. The molecule has 3 N–H and O–H groups in total. The lowest BCUT2D eigenvalue weighted by atomic mass is 9.91. The van der Waals surface area contributed by atoms with Crippen molar-refractivity contribution < 1.29 is 4.79 Å². The van der Waals surface area contributed by atoms with Crippen molar-refractivity contribution in [2.45, 2.75) is 26.8 Å². The van der Waals surface area contributed by atoms with Crippen molar-refractivity contribution in [3.8, 4) is 0 Å². The van der Waals surface area contributed by atoms with Gasteiger partial charge in [0.15, 0.2) is 0 Å². The fourth-order valence-electron chi connectivity index (χ4n) is 2.05. The number of carbonyl (C=O) groups is 1. The molecule has 0 saturated carbocycles. The van der Waals surface area contributed by atoms with Gasteiger partial charge in [0.2, 0.25) is 5.91 Å². The molecule has 19 heavy (non-hydrogen) atoms. The summed E-state index contributed by atoms with van der Waals surface area (Å²) >= 11 is 6.00. The highest BCUT2D eigenvalue weighted by atomic mass is 35.5. The van der Waals surface area contributed by atoms with Crippen molar-refractivity contribution in [3.05, 3.63) is 34.9 Å². The van der Waals surface area contributed by atoms with Crippen LogP contribution in [0.25, 0.3) is 0 Å². The van der Waals surface area contributed by atoms with Crippen molar-refractivity contribution in [2.75, 3.05) is 13.6 Å². The van der Waals surface area contributed by atoms with Crippen molar-refractivity contribution in [1.82, 2.24) is 10.3 Å². The summed E-state index contributed by atoms with van der Waals surface area (Å²) < 4.78 is 0. The molecule has 1 rings (SSSR count). The molecule has 0 aliphatic heterocycles. The van der Waals surface area contributed by atoms with E-state index in [0.717, 1.165) is 10.6 Å². The van der Waals surface area contributed by atoms with E-state index in [0.29, 0.717) is 6.54 Å². The molecule has 0 aromatic heterocycles. The van der Waals surface area contributed by atoms with E-state index < -0.39 is 5.41 Å². The predicted octanol–water partition coefficient (Wildman–Crippen LogP) is 2.35. The smallest absolute Gasteiger partial charge is 0.240 e. The molecule has 106 valence electrons. The second kappa shape index (κ2) is 6.37. The molecule has 0 radical (unpaired) electrons. The topological polar surface area (TPSA) is 58.4 Å². The Labute approximate surface area is 119 Å². The zero-order chi connectivity index (χ0) is 14.6. The lowest BCUT2D eigenvalue weighted by Gasteiger charge is -2.32. The maximum absolute atomic E-state index is 11.7. The molecule has 0 aliphatic carbocycles. The molecular weight excluding hydrogens is 262 g/mol. The maximum Gasteiger partial charge on any atom is 0.240 e. The van der Waals surface area contributed by atoms with Crippen LogP contribution in [0.5, 0.6) is 0 Å². The molecule has 1 aromatic carbocycles. The van der Waals surface area contributed by atoms with Crippen molar-refractivity contribution in [2.24, 2.45) is 11.3 Å². The molecule has 0 fully saturated rings. The fourth-order valence-corrected chi connectivity index (χ4v) is 2.25. The van der Waals surface area contributed by atoms with E-state index >= 15 is 0 Å². The SMILES string of the molecule is CC(c1cccc(Cl)c1)N(C)CC(C)(C)C(=O)NN. The Morgan fingerprint density at radius 2 is 2.16 bits per heavy atom. The van der Waals surface area contributed by atoms with Gasteiger partial charge >= 0.3 is 0 Å². The van der Waals surface area contributed by atoms with Gasteiger partial charge < -0.3 is 0 Å². The number of hydrogen-bond acceptors (Lipinski definition) is 3. The van der Waals surface area contributed by atoms with Crippen LogP contribution in [0.1, 0.15) is 32.4 Å². The predicted molar refractivity (Wildman–Crippen MR) is 78.6 cm³/mol. The van der Waals surface area contributed by atoms with Gasteiger partial charge in [0.05, 0.1) is 5.41 Å². The minimum Gasteiger partial charge on any atom is -0.299 e. The first-order chi connectivity index (χ1) is 8.77. The molecule has 1 amide bonds. The number of halogens is 1. The van der Waals surface area contributed by atoms with E-state index in [1.165, 1.54) is 0 Å². The van der Waals surface area contributed by atoms with Crippen LogP contribution in [-0.4, -0.2) is 24.4 Å². The summed E-state index contributed by atoms with van der Waals surface area (Å²) in [7, 11) is 1.98. The lowest BCUT2D eigenvalue weighted by Crippen LogP contribution is -2.46. The first kappa shape index (κ1) is 16.0. The van der Waals surface area contributed by atoms with Gasteiger partial charge in [-0.3, -0.25) is 15.1 Å². The summed E-state index contributed by atoms with van der Waals surface area (Å²) in [6, 6.07) is 7.93. The molecule has 1 unspecified atom stereocenters. The minimum atomic E-state index is -0.545. The number of nitrogens with one attached hydrogen (secondary N) is 1. The highest BCUT2D eigenvalue weighted by Gasteiger charge is 2.30. The van der Waals surface area contributed by atoms with Crippen LogP contribution in [0.4, 0.5) is 0 Å². The molecule has 1 aromatic rings. The molecule has 0 bridgehead atoms. The quantitative estimate of drug-likeness (QED) is 0.495. The van der Waals surface area contributed by atoms with Crippen molar-refractivity contribution in [1.29, 1.82) is 0 Å². The van der Waals surface area contributed by atoms with Crippen LogP contribution in [0.15, 0.2) is 24.3 Å². The van der Waals surface area contributed by atoms with E-state index in [4.69, 9.17) is 17.4 Å². The summed E-state index contributed by atoms with van der Waals surface area (Å²) in [5, 5.41) is 0.719. The molecule has 4 nitrogen and oxygen atoms in total. The summed E-state index contributed by atoms with van der Waals surface area (Å²) in [4.78, 5) is 13.8. The zero-order valence-corrected chi connectivity index (χ0v) is 12.7. The molecule has 1 atom stereocenters. The summed E-state index contributed by atoms with van der Waals surface area (Å²) in [5.41, 5.74) is 2.79. The zero-order valence-electron chi connectivity index (χ0n) is 11.9. The Bertz CT molecular complexity index is 448. The third-order valence-electron chi connectivity index (χ3n) is 3.38. The first-order valence-corrected chi connectivity index (χ1v) is 6.62. The van der Waals surface area contributed by atoms with Crippen molar-refractivity contribution >= 4 is 17.5 Å². The van der Waals surface area contributed by atoms with E-state index in [1.807, 2.05) is 45.2 Å². The van der Waals surface area contributed by atoms with Crippen LogP contribution in [0.3, 0.4) is 0 Å². The average Bonchev–Trinajstić information content (AvgIpc) is 2.36. The van der Waals surface area contributed by atoms with Gasteiger partial charge in [0.1, 0.15) is 0 Å². The van der Waals surface area contributed by atoms with Gasteiger partial charge in [-0.15, -0.1) is 0 Å². The second-order valence-corrected chi connectivity index (χ2v) is 5.94. The Balaban J connectivity index is 2.78. The van der Waals surface area contributed by atoms with E-state index in [-0.39, 0.29) is 11.9 Å². The summed E-state index contributed by atoms with van der Waals surface area (Å²) in [6.07, 6.45) is 0. The van der Waals surface area contributed by atoms with Crippen molar-refractivity contribution in [3.63, 3.8) is 0 Å². The molecule has 0 spiro atoms. The Hall–Kier alpha value is -1.10. The summed E-state index contributed by atoms with van der Waals surface area (Å²) in [5.74, 6) is 5.04.